The Balaban J connectivity index is 1.82. The molecule has 2 heterocycles. The van der Waals surface area contributed by atoms with E-state index in [0.29, 0.717) is 10.7 Å². The van der Waals surface area contributed by atoms with E-state index >= 15 is 0 Å². The Morgan fingerprint density at radius 2 is 2.32 bits per heavy atom. The predicted molar refractivity (Wildman–Crippen MR) is 73.3 cm³/mol. The third kappa shape index (κ3) is 2.32. The van der Waals surface area contributed by atoms with Crippen molar-refractivity contribution in [3.8, 4) is 0 Å². The van der Waals surface area contributed by atoms with Crippen LogP contribution in [0.2, 0.25) is 0 Å². The van der Waals surface area contributed by atoms with Crippen LogP contribution in [0, 0.1) is 0 Å². The van der Waals surface area contributed by atoms with E-state index in [0.717, 1.165) is 22.3 Å². The molecule has 1 aromatic carbocycles. The van der Waals surface area contributed by atoms with E-state index in [9.17, 15) is 4.79 Å². The summed E-state index contributed by atoms with van der Waals surface area (Å²) >= 11 is 1.39. The number of aromatic amines is 1. The minimum atomic E-state index is -0.193. The van der Waals surface area contributed by atoms with Crippen LogP contribution in [0.5, 0.6) is 0 Å². The zero-order chi connectivity index (χ0) is 13.2. The van der Waals surface area contributed by atoms with Gasteiger partial charge in [-0.1, -0.05) is 18.3 Å². The SMILES string of the molecule is CCc1nnc(NC(=O)c2ccc3[nH]ncc3c2)s1. The smallest absolute Gasteiger partial charge is 0.257 e. The number of hydrogen-bond donors (Lipinski definition) is 2. The Hall–Kier alpha value is -2.28. The number of anilines is 1. The van der Waals surface area contributed by atoms with E-state index in [2.05, 4.69) is 25.7 Å². The summed E-state index contributed by atoms with van der Waals surface area (Å²) in [5.41, 5.74) is 1.47. The molecule has 0 spiro atoms. The van der Waals surface area contributed by atoms with E-state index < -0.39 is 0 Å². The normalized spacial score (nSPS) is 10.8. The van der Waals surface area contributed by atoms with E-state index in [-0.39, 0.29) is 5.91 Å². The van der Waals surface area contributed by atoms with E-state index in [1.807, 2.05) is 13.0 Å². The minimum Gasteiger partial charge on any atom is -0.296 e. The highest BCUT2D eigenvalue weighted by molar-refractivity contribution is 7.15. The fraction of sp³-hybridized carbons (Fsp3) is 0.167. The van der Waals surface area contributed by atoms with Crippen molar-refractivity contribution in [3.63, 3.8) is 0 Å². The van der Waals surface area contributed by atoms with Crippen molar-refractivity contribution < 1.29 is 4.79 Å². The molecule has 0 unspecified atom stereocenters. The summed E-state index contributed by atoms with van der Waals surface area (Å²) in [7, 11) is 0. The van der Waals surface area contributed by atoms with E-state index in [1.54, 1.807) is 18.3 Å². The lowest BCUT2D eigenvalue weighted by Gasteiger charge is -2.00. The number of hydrogen-bond acceptors (Lipinski definition) is 5. The predicted octanol–water partition coefficient (Wildman–Crippen LogP) is 2.23. The summed E-state index contributed by atoms with van der Waals surface area (Å²) < 4.78 is 0. The highest BCUT2D eigenvalue weighted by atomic mass is 32.1. The second-order valence-electron chi connectivity index (χ2n) is 3.98. The van der Waals surface area contributed by atoms with Gasteiger partial charge in [0.15, 0.2) is 0 Å². The number of fused-ring (bicyclic) bond motifs is 1. The van der Waals surface area contributed by atoms with Crippen molar-refractivity contribution in [1.29, 1.82) is 0 Å². The van der Waals surface area contributed by atoms with Crippen molar-refractivity contribution in [2.75, 3.05) is 5.32 Å². The number of rotatable bonds is 3. The molecule has 0 aliphatic carbocycles. The summed E-state index contributed by atoms with van der Waals surface area (Å²) in [4.78, 5) is 12.1. The van der Waals surface area contributed by atoms with Gasteiger partial charge in [-0.2, -0.15) is 5.10 Å². The van der Waals surface area contributed by atoms with Crippen LogP contribution in [0.1, 0.15) is 22.3 Å². The van der Waals surface area contributed by atoms with Crippen LogP contribution in [0.15, 0.2) is 24.4 Å². The maximum atomic E-state index is 12.1. The number of H-pyrrole nitrogens is 1. The molecule has 7 heteroatoms. The van der Waals surface area contributed by atoms with Crippen LogP contribution in [-0.4, -0.2) is 26.3 Å². The van der Waals surface area contributed by atoms with Gasteiger partial charge in [0.1, 0.15) is 5.01 Å². The first kappa shape index (κ1) is 11.8. The molecule has 96 valence electrons. The van der Waals surface area contributed by atoms with Gasteiger partial charge in [0.2, 0.25) is 5.13 Å². The molecule has 0 aliphatic rings. The number of aromatic nitrogens is 4. The number of aryl methyl sites for hydroxylation is 1. The van der Waals surface area contributed by atoms with Crippen molar-refractivity contribution in [2.24, 2.45) is 0 Å². The lowest BCUT2D eigenvalue weighted by atomic mass is 10.1. The molecule has 0 saturated heterocycles. The number of nitrogens with one attached hydrogen (secondary N) is 2. The summed E-state index contributed by atoms with van der Waals surface area (Å²) in [6, 6.07) is 5.36. The molecule has 1 amide bonds. The molecule has 2 N–H and O–H groups in total. The van der Waals surface area contributed by atoms with E-state index in [1.165, 1.54) is 11.3 Å². The summed E-state index contributed by atoms with van der Waals surface area (Å²) in [5, 5.41) is 19.7. The first-order valence-electron chi connectivity index (χ1n) is 5.83. The lowest BCUT2D eigenvalue weighted by Crippen LogP contribution is -2.11. The summed E-state index contributed by atoms with van der Waals surface area (Å²) in [5.74, 6) is -0.193. The van der Waals surface area contributed by atoms with Crippen LogP contribution in [0.3, 0.4) is 0 Å². The molecular weight excluding hydrogens is 262 g/mol. The summed E-state index contributed by atoms with van der Waals surface area (Å²) in [6.45, 7) is 2.00. The third-order valence-corrected chi connectivity index (χ3v) is 3.68. The molecule has 0 atom stereocenters. The highest BCUT2D eigenvalue weighted by Gasteiger charge is 2.10. The number of amides is 1. The Labute approximate surface area is 112 Å². The molecule has 0 bridgehead atoms. The van der Waals surface area contributed by atoms with Crippen LogP contribution < -0.4 is 5.32 Å². The first-order valence-corrected chi connectivity index (χ1v) is 6.65. The zero-order valence-electron chi connectivity index (χ0n) is 10.2. The molecule has 3 rings (SSSR count). The number of nitrogens with zero attached hydrogens (tertiary/aromatic N) is 3. The Morgan fingerprint density at radius 3 is 3.11 bits per heavy atom. The second-order valence-corrected chi connectivity index (χ2v) is 5.04. The number of carbonyl (C=O) groups excluding carboxylic acids is 1. The molecule has 0 saturated carbocycles. The van der Waals surface area contributed by atoms with Gasteiger partial charge in [0.05, 0.1) is 11.7 Å². The first-order chi connectivity index (χ1) is 9.26. The van der Waals surface area contributed by atoms with Crippen molar-refractivity contribution >= 4 is 33.3 Å². The quantitative estimate of drug-likeness (QED) is 0.766. The number of benzene rings is 1. The maximum absolute atomic E-state index is 12.1. The van der Waals surface area contributed by atoms with Gasteiger partial charge < -0.3 is 0 Å². The van der Waals surface area contributed by atoms with Gasteiger partial charge in [-0.05, 0) is 24.6 Å². The second kappa shape index (κ2) is 4.77. The highest BCUT2D eigenvalue weighted by Crippen LogP contribution is 2.18. The molecular formula is C12H11N5OS. The third-order valence-electron chi connectivity index (χ3n) is 2.69. The average Bonchev–Trinajstić information content (AvgIpc) is 3.05. The van der Waals surface area contributed by atoms with Crippen LogP contribution in [0.25, 0.3) is 10.9 Å². The Morgan fingerprint density at radius 1 is 1.42 bits per heavy atom. The minimum absolute atomic E-state index is 0.193. The topological polar surface area (TPSA) is 83.6 Å². The molecule has 2 aromatic heterocycles. The van der Waals surface area contributed by atoms with Gasteiger partial charge in [-0.15, -0.1) is 10.2 Å². The van der Waals surface area contributed by atoms with Gasteiger partial charge in [0.25, 0.3) is 5.91 Å². The molecule has 0 fully saturated rings. The zero-order valence-corrected chi connectivity index (χ0v) is 11.0. The van der Waals surface area contributed by atoms with Crippen LogP contribution >= 0.6 is 11.3 Å². The fourth-order valence-electron chi connectivity index (χ4n) is 1.70. The van der Waals surface area contributed by atoms with Crippen LogP contribution in [0.4, 0.5) is 5.13 Å². The van der Waals surface area contributed by atoms with Crippen molar-refractivity contribution in [3.05, 3.63) is 35.0 Å². The lowest BCUT2D eigenvalue weighted by molar-refractivity contribution is 0.102. The number of carbonyl (C=O) groups is 1. The molecule has 3 aromatic rings. The van der Waals surface area contributed by atoms with Gasteiger partial charge in [-0.3, -0.25) is 15.2 Å². The molecule has 0 radical (unpaired) electrons. The average molecular weight is 273 g/mol. The summed E-state index contributed by atoms with van der Waals surface area (Å²) in [6.07, 6.45) is 2.50. The fourth-order valence-corrected chi connectivity index (χ4v) is 2.37. The van der Waals surface area contributed by atoms with Crippen LogP contribution in [-0.2, 0) is 6.42 Å². The van der Waals surface area contributed by atoms with Crippen molar-refractivity contribution in [2.45, 2.75) is 13.3 Å². The van der Waals surface area contributed by atoms with Gasteiger partial charge >= 0.3 is 0 Å². The maximum Gasteiger partial charge on any atom is 0.257 e. The van der Waals surface area contributed by atoms with Crippen molar-refractivity contribution in [1.82, 2.24) is 20.4 Å². The largest absolute Gasteiger partial charge is 0.296 e. The molecule has 0 aliphatic heterocycles. The monoisotopic (exact) mass is 273 g/mol. The van der Waals surface area contributed by atoms with E-state index in [4.69, 9.17) is 0 Å². The Bertz CT molecular complexity index is 732. The van der Waals surface area contributed by atoms with Gasteiger partial charge in [0, 0.05) is 10.9 Å². The standard InChI is InChI=1S/C12H11N5OS/c1-2-10-16-17-12(19-10)14-11(18)7-3-4-9-8(5-7)6-13-15-9/h3-6H,2H2,1H3,(H,13,15)(H,14,17,18). The molecule has 6 nitrogen and oxygen atoms in total. The Kier molecular flexibility index (Phi) is 2.96. The molecule has 19 heavy (non-hydrogen) atoms. The van der Waals surface area contributed by atoms with Gasteiger partial charge in [-0.25, -0.2) is 0 Å².